The quantitative estimate of drug-likeness (QED) is 0.162. The molecule has 38 heavy (non-hydrogen) atoms. The van der Waals surface area contributed by atoms with E-state index in [-0.39, 0.29) is 17.9 Å². The number of aryl methyl sites for hydroxylation is 2. The van der Waals surface area contributed by atoms with Crippen LogP contribution in [0.1, 0.15) is 28.4 Å². The first-order valence-electron chi connectivity index (χ1n) is 11.9. The number of nitrogens with one attached hydrogen (secondary N) is 2. The van der Waals surface area contributed by atoms with Gasteiger partial charge in [-0.3, -0.25) is 0 Å². The highest BCUT2D eigenvalue weighted by molar-refractivity contribution is 5.99. The minimum absolute atomic E-state index is 0.107. The summed E-state index contributed by atoms with van der Waals surface area (Å²) in [7, 11) is 3.75. The van der Waals surface area contributed by atoms with Crippen molar-refractivity contribution in [1.82, 2.24) is 19.1 Å². The number of benzene rings is 3. The number of aromatic nitrogens is 4. The topological polar surface area (TPSA) is 131 Å². The molecule has 0 aliphatic carbocycles. The second kappa shape index (κ2) is 10.4. The Labute approximate surface area is 218 Å². The van der Waals surface area contributed by atoms with Crippen LogP contribution in [0.5, 0.6) is 5.75 Å². The van der Waals surface area contributed by atoms with Crippen molar-refractivity contribution < 1.29 is 14.6 Å². The van der Waals surface area contributed by atoms with Gasteiger partial charge in [0, 0.05) is 25.2 Å². The molecule has 0 unspecified atom stereocenters. The maximum Gasteiger partial charge on any atom is 0.338 e. The average Bonchev–Trinajstić information content (AvgIpc) is 3.42. The molecule has 5 aromatic rings. The normalized spacial score (nSPS) is 11.7. The number of esters is 1. The number of phenols is 1. The van der Waals surface area contributed by atoms with Crippen LogP contribution in [-0.2, 0) is 18.8 Å². The van der Waals surface area contributed by atoms with E-state index in [0.717, 1.165) is 22.1 Å². The number of carbonyl (C=O) groups is 1. The number of hydrogen-bond acceptors (Lipinski definition) is 9. The molecular formula is C27H26N8O3. The number of nitrogens with zero attached hydrogens (tertiary/aromatic N) is 6. The van der Waals surface area contributed by atoms with Gasteiger partial charge < -0.3 is 19.0 Å². The lowest BCUT2D eigenvalue weighted by Crippen LogP contribution is -2.07. The summed E-state index contributed by atoms with van der Waals surface area (Å²) in [5.74, 6) is 0.418. The Kier molecular flexibility index (Phi) is 6.72. The first kappa shape index (κ1) is 24.5. The number of hydrogen-bond donors (Lipinski definition) is 3. The van der Waals surface area contributed by atoms with Crippen molar-refractivity contribution >= 4 is 52.4 Å². The summed E-state index contributed by atoms with van der Waals surface area (Å²) in [6, 6.07) is 18.4. The lowest BCUT2D eigenvalue weighted by atomic mass is 10.0. The third-order valence-electron chi connectivity index (χ3n) is 5.99. The van der Waals surface area contributed by atoms with Crippen molar-refractivity contribution in [3.05, 3.63) is 77.4 Å². The van der Waals surface area contributed by atoms with Gasteiger partial charge in [-0.05, 0) is 43.3 Å². The Morgan fingerprint density at radius 2 is 1.37 bits per heavy atom. The number of hydrazone groups is 2. The van der Waals surface area contributed by atoms with Crippen molar-refractivity contribution in [2.75, 3.05) is 17.5 Å². The van der Waals surface area contributed by atoms with Crippen LogP contribution < -0.4 is 10.9 Å². The van der Waals surface area contributed by atoms with Crippen LogP contribution >= 0.6 is 0 Å². The molecule has 0 amide bonds. The Balaban J connectivity index is 1.42. The summed E-state index contributed by atoms with van der Waals surface area (Å²) >= 11 is 0. The maximum absolute atomic E-state index is 12.5. The van der Waals surface area contributed by atoms with Gasteiger partial charge in [-0.2, -0.15) is 10.2 Å². The summed E-state index contributed by atoms with van der Waals surface area (Å²) in [5, 5.41) is 19.4. The van der Waals surface area contributed by atoms with Crippen LogP contribution in [0.2, 0.25) is 0 Å². The molecule has 5 rings (SSSR count). The highest BCUT2D eigenvalue weighted by Crippen LogP contribution is 2.24. The largest absolute Gasteiger partial charge is 0.507 e. The molecule has 3 aromatic carbocycles. The standard InChI is InChI=1S/C27H26N8O3/c1-4-38-25(37)17-13-18(15-28-32-26-30-20-9-5-7-11-22(20)34(26)2)24(36)19(14-17)16-29-33-27-31-21-10-6-8-12-23(21)35(27)3/h5-16,36H,4H2,1-3H3,(H,30,32)(H,31,33)/b28-15+,29-16+. The third kappa shape index (κ3) is 4.76. The van der Waals surface area contributed by atoms with E-state index in [1.54, 1.807) is 6.92 Å². The summed E-state index contributed by atoms with van der Waals surface area (Å²) in [6.07, 6.45) is 2.82. The molecule has 0 saturated carbocycles. The van der Waals surface area contributed by atoms with E-state index in [4.69, 9.17) is 4.74 Å². The molecule has 0 radical (unpaired) electrons. The first-order valence-corrected chi connectivity index (χ1v) is 11.9. The molecule has 3 N–H and O–H groups in total. The van der Waals surface area contributed by atoms with Crippen molar-refractivity contribution in [3.8, 4) is 5.75 Å². The Bertz CT molecular complexity index is 1590. The Morgan fingerprint density at radius 3 is 1.82 bits per heavy atom. The predicted molar refractivity (Wildman–Crippen MR) is 148 cm³/mol. The fourth-order valence-corrected chi connectivity index (χ4v) is 4.02. The minimum Gasteiger partial charge on any atom is -0.507 e. The Hall–Kier alpha value is -5.19. The summed E-state index contributed by atoms with van der Waals surface area (Å²) in [5.41, 5.74) is 10.2. The van der Waals surface area contributed by atoms with Crippen molar-refractivity contribution in [2.45, 2.75) is 6.92 Å². The van der Waals surface area contributed by atoms with Crippen molar-refractivity contribution in [1.29, 1.82) is 0 Å². The van der Waals surface area contributed by atoms with Gasteiger partial charge >= 0.3 is 5.97 Å². The van der Waals surface area contributed by atoms with Gasteiger partial charge in [-0.1, -0.05) is 24.3 Å². The monoisotopic (exact) mass is 510 g/mol. The van der Waals surface area contributed by atoms with E-state index in [0.29, 0.717) is 23.0 Å². The van der Waals surface area contributed by atoms with Crippen molar-refractivity contribution in [2.24, 2.45) is 24.3 Å². The fraction of sp³-hybridized carbons (Fsp3) is 0.148. The minimum atomic E-state index is -0.525. The molecule has 0 saturated heterocycles. The summed E-state index contributed by atoms with van der Waals surface area (Å²) in [6.45, 7) is 1.94. The molecule has 2 aromatic heterocycles. The number of fused-ring (bicyclic) bond motifs is 2. The molecule has 11 nitrogen and oxygen atoms in total. The highest BCUT2D eigenvalue weighted by Gasteiger charge is 2.14. The van der Waals surface area contributed by atoms with Gasteiger partial charge in [0.25, 0.3) is 0 Å². The van der Waals surface area contributed by atoms with Crippen LogP contribution in [0.25, 0.3) is 22.1 Å². The molecule has 11 heteroatoms. The fourth-order valence-electron chi connectivity index (χ4n) is 4.02. The van der Waals surface area contributed by atoms with Gasteiger partial charge in [-0.15, -0.1) is 0 Å². The third-order valence-corrected chi connectivity index (χ3v) is 5.99. The van der Waals surface area contributed by atoms with E-state index < -0.39 is 5.97 Å². The molecule has 0 fully saturated rings. The molecule has 0 bridgehead atoms. The van der Waals surface area contributed by atoms with E-state index in [9.17, 15) is 9.90 Å². The number of ether oxygens (including phenoxy) is 1. The number of imidazole rings is 2. The molecule has 0 aliphatic heterocycles. The number of rotatable bonds is 8. The average molecular weight is 511 g/mol. The van der Waals surface area contributed by atoms with E-state index >= 15 is 0 Å². The van der Waals surface area contributed by atoms with Crippen LogP contribution in [0.3, 0.4) is 0 Å². The lowest BCUT2D eigenvalue weighted by molar-refractivity contribution is 0.0526. The van der Waals surface area contributed by atoms with Crippen LogP contribution in [0.4, 0.5) is 11.9 Å². The van der Waals surface area contributed by atoms with E-state index in [1.165, 1.54) is 24.6 Å². The zero-order chi connectivity index (χ0) is 26.6. The number of phenolic OH excluding ortho intramolecular Hbond substituents is 1. The molecule has 0 spiro atoms. The number of para-hydroxylation sites is 4. The summed E-state index contributed by atoms with van der Waals surface area (Å²) < 4.78 is 8.89. The zero-order valence-corrected chi connectivity index (χ0v) is 21.1. The van der Waals surface area contributed by atoms with E-state index in [2.05, 4.69) is 31.0 Å². The van der Waals surface area contributed by atoms with Gasteiger partial charge in [0.1, 0.15) is 5.75 Å². The van der Waals surface area contributed by atoms with Crippen LogP contribution in [0.15, 0.2) is 70.9 Å². The van der Waals surface area contributed by atoms with Gasteiger partial charge in [0.15, 0.2) is 0 Å². The second-order valence-electron chi connectivity index (χ2n) is 8.43. The highest BCUT2D eigenvalue weighted by atomic mass is 16.5. The summed E-state index contributed by atoms with van der Waals surface area (Å²) in [4.78, 5) is 21.5. The van der Waals surface area contributed by atoms with E-state index in [1.807, 2.05) is 71.8 Å². The number of anilines is 2. The molecule has 0 aliphatic rings. The van der Waals surface area contributed by atoms with Crippen LogP contribution in [-0.4, -0.2) is 49.2 Å². The number of aromatic hydroxyl groups is 1. The second-order valence-corrected chi connectivity index (χ2v) is 8.43. The lowest BCUT2D eigenvalue weighted by Gasteiger charge is -2.08. The zero-order valence-electron chi connectivity index (χ0n) is 21.1. The van der Waals surface area contributed by atoms with Crippen molar-refractivity contribution in [3.63, 3.8) is 0 Å². The number of carbonyl (C=O) groups excluding carboxylic acids is 1. The van der Waals surface area contributed by atoms with Gasteiger partial charge in [0.05, 0.1) is 46.7 Å². The smallest absolute Gasteiger partial charge is 0.338 e. The first-order chi connectivity index (χ1) is 18.5. The molecule has 2 heterocycles. The maximum atomic E-state index is 12.5. The van der Waals surface area contributed by atoms with Gasteiger partial charge in [0.2, 0.25) is 11.9 Å². The molecule has 192 valence electrons. The molecular weight excluding hydrogens is 484 g/mol. The SMILES string of the molecule is CCOC(=O)c1cc(/C=N/Nc2nc3ccccc3n2C)c(O)c(/C=N/Nc2nc3ccccc3n2C)c1. The predicted octanol–water partition coefficient (Wildman–Crippen LogP) is 4.23. The van der Waals surface area contributed by atoms with Crippen LogP contribution in [0, 0.1) is 0 Å². The van der Waals surface area contributed by atoms with Gasteiger partial charge in [-0.25, -0.2) is 25.6 Å². The Morgan fingerprint density at radius 1 is 0.895 bits per heavy atom. The molecule has 0 atom stereocenters.